The molecule has 0 amide bonds. The number of nitrogens with zero attached hydrogens (tertiary/aromatic N) is 2. The second kappa shape index (κ2) is 7.94. The van der Waals surface area contributed by atoms with Crippen LogP contribution in [0.25, 0.3) is 0 Å². The van der Waals surface area contributed by atoms with Crippen molar-refractivity contribution in [2.75, 3.05) is 33.4 Å². The molecule has 0 radical (unpaired) electrons. The summed E-state index contributed by atoms with van der Waals surface area (Å²) in [6.07, 6.45) is 2.12. The molecule has 0 aromatic carbocycles. The average molecular weight is 347 g/mol. The highest BCUT2D eigenvalue weighted by Gasteiger charge is 2.22. The Morgan fingerprint density at radius 1 is 1.45 bits per heavy atom. The number of aliphatic imine (C=N–C) groups is 1. The maximum atomic E-state index is 11.4. The smallest absolute Gasteiger partial charge is 0.209 e. The molecule has 1 rings (SSSR count). The van der Waals surface area contributed by atoms with Crippen molar-refractivity contribution in [3.8, 4) is 0 Å². The lowest BCUT2D eigenvalue weighted by atomic mass is 10.1. The first kappa shape index (κ1) is 18.9. The van der Waals surface area contributed by atoms with Crippen molar-refractivity contribution in [3.05, 3.63) is 22.4 Å². The molecule has 6 nitrogen and oxygen atoms in total. The molecule has 0 bridgehead atoms. The highest BCUT2D eigenvalue weighted by Crippen LogP contribution is 2.09. The van der Waals surface area contributed by atoms with E-state index >= 15 is 0 Å². The van der Waals surface area contributed by atoms with Crippen LogP contribution in [0.3, 0.4) is 0 Å². The number of thiophene rings is 1. The van der Waals surface area contributed by atoms with Crippen LogP contribution in [0.4, 0.5) is 0 Å². The molecule has 0 aliphatic heterocycles. The highest BCUT2D eigenvalue weighted by atomic mass is 32.2. The van der Waals surface area contributed by atoms with E-state index in [-0.39, 0.29) is 0 Å². The molecule has 1 aromatic heterocycles. The lowest BCUT2D eigenvalue weighted by Crippen LogP contribution is -2.53. The molecule has 1 aromatic rings. The number of rotatable bonds is 7. The van der Waals surface area contributed by atoms with Crippen LogP contribution in [0.15, 0.2) is 22.5 Å². The topological polar surface area (TPSA) is 73.8 Å². The first-order valence-corrected chi connectivity index (χ1v) is 9.83. The lowest BCUT2D eigenvalue weighted by molar-refractivity contribution is 0.426. The van der Waals surface area contributed by atoms with Crippen LogP contribution in [0.1, 0.15) is 18.7 Å². The summed E-state index contributed by atoms with van der Waals surface area (Å²) in [4.78, 5) is 7.62. The zero-order valence-corrected chi connectivity index (χ0v) is 15.5. The van der Waals surface area contributed by atoms with Crippen LogP contribution >= 0.6 is 11.3 Å². The van der Waals surface area contributed by atoms with Crippen molar-refractivity contribution in [1.29, 1.82) is 0 Å². The van der Waals surface area contributed by atoms with E-state index in [1.54, 1.807) is 18.4 Å². The minimum atomic E-state index is -3.24. The van der Waals surface area contributed by atoms with Gasteiger partial charge in [-0.3, -0.25) is 4.99 Å². The Balaban J connectivity index is 2.50. The summed E-state index contributed by atoms with van der Waals surface area (Å²) in [5.41, 5.74) is -0.585. The minimum absolute atomic E-state index is 0.454. The van der Waals surface area contributed by atoms with Crippen LogP contribution in [0, 0.1) is 0 Å². The van der Waals surface area contributed by atoms with Gasteiger partial charge >= 0.3 is 0 Å². The van der Waals surface area contributed by atoms with Crippen molar-refractivity contribution in [3.63, 3.8) is 0 Å². The van der Waals surface area contributed by atoms with Gasteiger partial charge in [0, 0.05) is 37.6 Å². The largest absolute Gasteiger partial charge is 0.354 e. The first-order chi connectivity index (χ1) is 10.1. The molecule has 0 saturated carbocycles. The van der Waals surface area contributed by atoms with Crippen molar-refractivity contribution in [2.24, 2.45) is 4.99 Å². The van der Waals surface area contributed by atoms with E-state index < -0.39 is 15.6 Å². The van der Waals surface area contributed by atoms with Crippen molar-refractivity contribution < 1.29 is 8.42 Å². The molecule has 0 aliphatic rings. The van der Waals surface area contributed by atoms with Crippen LogP contribution in [-0.2, 0) is 16.4 Å². The Bertz CT molecular complexity index is 580. The van der Waals surface area contributed by atoms with Gasteiger partial charge in [0.25, 0.3) is 0 Å². The van der Waals surface area contributed by atoms with Gasteiger partial charge in [-0.05, 0) is 31.7 Å². The van der Waals surface area contributed by atoms with Gasteiger partial charge in [-0.15, -0.1) is 11.3 Å². The summed E-state index contributed by atoms with van der Waals surface area (Å²) in [7, 11) is 0.457. The molecule has 0 spiro atoms. The maximum Gasteiger partial charge on any atom is 0.209 e. The number of nitrogens with one attached hydrogen (secondary N) is 2. The van der Waals surface area contributed by atoms with E-state index in [2.05, 4.69) is 26.5 Å². The molecule has 126 valence electrons. The quantitative estimate of drug-likeness (QED) is 0.573. The summed E-state index contributed by atoms with van der Waals surface area (Å²) in [6.45, 7) is 4.97. The van der Waals surface area contributed by atoms with E-state index in [4.69, 9.17) is 0 Å². The fourth-order valence-electron chi connectivity index (χ4n) is 2.06. The molecule has 8 heteroatoms. The van der Waals surface area contributed by atoms with Gasteiger partial charge in [0.05, 0.1) is 6.26 Å². The molecule has 1 heterocycles. The third-order valence-corrected chi connectivity index (χ3v) is 4.86. The van der Waals surface area contributed by atoms with Crippen molar-refractivity contribution in [2.45, 2.75) is 25.8 Å². The lowest BCUT2D eigenvalue weighted by Gasteiger charge is -2.29. The SMILES string of the molecule is CN=C(NCC(C)(C)NS(C)(=O)=O)N(C)CCc1cccs1. The van der Waals surface area contributed by atoms with Gasteiger partial charge in [0.15, 0.2) is 5.96 Å². The molecular formula is C14H26N4O2S2. The summed E-state index contributed by atoms with van der Waals surface area (Å²) in [6, 6.07) is 4.17. The summed E-state index contributed by atoms with van der Waals surface area (Å²) in [5, 5.41) is 5.29. The Kier molecular flexibility index (Phi) is 6.83. The van der Waals surface area contributed by atoms with Gasteiger partial charge < -0.3 is 10.2 Å². The predicted octanol–water partition coefficient (Wildman–Crippen LogP) is 1.13. The van der Waals surface area contributed by atoms with E-state index in [1.165, 1.54) is 4.88 Å². The summed E-state index contributed by atoms with van der Waals surface area (Å²) >= 11 is 1.74. The van der Waals surface area contributed by atoms with Gasteiger partial charge in [-0.2, -0.15) is 0 Å². The van der Waals surface area contributed by atoms with E-state index in [0.717, 1.165) is 25.2 Å². The number of hydrogen-bond donors (Lipinski definition) is 2. The molecule has 0 aliphatic carbocycles. The van der Waals surface area contributed by atoms with Crippen LogP contribution in [0.2, 0.25) is 0 Å². The molecular weight excluding hydrogens is 320 g/mol. The molecule has 0 fully saturated rings. The van der Waals surface area contributed by atoms with Gasteiger partial charge in [0.1, 0.15) is 0 Å². The third kappa shape index (κ3) is 7.24. The normalized spacial score (nSPS) is 13.2. The number of guanidine groups is 1. The molecule has 0 unspecified atom stereocenters. The molecule has 2 N–H and O–H groups in total. The number of hydrogen-bond acceptors (Lipinski definition) is 4. The Labute approximate surface area is 137 Å². The van der Waals surface area contributed by atoms with Crippen molar-refractivity contribution >= 4 is 27.3 Å². The third-order valence-electron chi connectivity index (χ3n) is 3.00. The maximum absolute atomic E-state index is 11.4. The van der Waals surface area contributed by atoms with Crippen LogP contribution < -0.4 is 10.0 Å². The van der Waals surface area contributed by atoms with E-state index in [9.17, 15) is 8.42 Å². The average Bonchev–Trinajstić information content (AvgIpc) is 2.87. The Morgan fingerprint density at radius 3 is 2.64 bits per heavy atom. The second-order valence-electron chi connectivity index (χ2n) is 5.91. The number of sulfonamides is 1. The van der Waals surface area contributed by atoms with Gasteiger partial charge in [-0.25, -0.2) is 13.1 Å². The monoisotopic (exact) mass is 346 g/mol. The summed E-state index contributed by atoms with van der Waals surface area (Å²) in [5.74, 6) is 0.750. The van der Waals surface area contributed by atoms with E-state index in [0.29, 0.717) is 6.54 Å². The minimum Gasteiger partial charge on any atom is -0.354 e. The predicted molar refractivity (Wildman–Crippen MR) is 94.1 cm³/mol. The Hall–Kier alpha value is -1.12. The zero-order valence-electron chi connectivity index (χ0n) is 13.9. The van der Waals surface area contributed by atoms with Crippen molar-refractivity contribution in [1.82, 2.24) is 14.9 Å². The number of likely N-dealkylation sites (N-methyl/N-ethyl adjacent to an activating group) is 1. The van der Waals surface area contributed by atoms with Gasteiger partial charge in [-0.1, -0.05) is 6.07 Å². The molecule has 0 saturated heterocycles. The fraction of sp³-hybridized carbons (Fsp3) is 0.643. The second-order valence-corrected chi connectivity index (χ2v) is 8.69. The van der Waals surface area contributed by atoms with Crippen LogP contribution in [-0.4, -0.2) is 58.3 Å². The summed E-state index contributed by atoms with van der Waals surface area (Å²) < 4.78 is 25.3. The highest BCUT2D eigenvalue weighted by molar-refractivity contribution is 7.88. The molecule has 22 heavy (non-hydrogen) atoms. The Morgan fingerprint density at radius 2 is 2.14 bits per heavy atom. The zero-order chi connectivity index (χ0) is 16.8. The van der Waals surface area contributed by atoms with Gasteiger partial charge in [0.2, 0.25) is 10.0 Å². The first-order valence-electron chi connectivity index (χ1n) is 7.06. The fourth-order valence-corrected chi connectivity index (χ4v) is 3.84. The molecule has 0 atom stereocenters. The van der Waals surface area contributed by atoms with E-state index in [1.807, 2.05) is 31.9 Å². The standard InChI is InChI=1S/C14H26N4O2S2/c1-14(2,17-22(5,19)20)11-16-13(15-3)18(4)9-8-12-7-6-10-21-12/h6-7,10,17H,8-9,11H2,1-5H3,(H,15,16). The van der Waals surface area contributed by atoms with Crippen LogP contribution in [0.5, 0.6) is 0 Å².